The molecule has 0 radical (unpaired) electrons. The highest BCUT2D eigenvalue weighted by atomic mass is 19.4. The van der Waals surface area contributed by atoms with Gasteiger partial charge < -0.3 is 5.11 Å². The van der Waals surface area contributed by atoms with Gasteiger partial charge in [-0.15, -0.1) is 0 Å². The van der Waals surface area contributed by atoms with E-state index in [9.17, 15) is 23.1 Å². The largest absolute Gasteiger partial charge is 0.480 e. The maximum Gasteiger partial charge on any atom is 0.416 e. The lowest BCUT2D eigenvalue weighted by Gasteiger charge is -2.27. The number of hydrogen-bond donors (Lipinski definition) is 1. The van der Waals surface area contributed by atoms with Crippen LogP contribution in [0.15, 0.2) is 24.3 Å². The van der Waals surface area contributed by atoms with Crippen molar-refractivity contribution in [2.75, 3.05) is 6.54 Å². The highest BCUT2D eigenvalue weighted by Crippen LogP contribution is 2.33. The number of carbonyl (C=O) groups is 1. The van der Waals surface area contributed by atoms with Crippen molar-refractivity contribution in [2.24, 2.45) is 0 Å². The van der Waals surface area contributed by atoms with Gasteiger partial charge in [-0.2, -0.15) is 13.2 Å². The van der Waals surface area contributed by atoms with E-state index < -0.39 is 23.8 Å². The predicted octanol–water partition coefficient (Wildman–Crippen LogP) is 3.53. The first-order valence-electron chi connectivity index (χ1n) is 7.01. The lowest BCUT2D eigenvalue weighted by atomic mass is 10.0. The van der Waals surface area contributed by atoms with Crippen LogP contribution in [0.25, 0.3) is 0 Å². The van der Waals surface area contributed by atoms with Crippen molar-refractivity contribution in [1.82, 2.24) is 4.90 Å². The maximum absolute atomic E-state index is 13.0. The van der Waals surface area contributed by atoms with Crippen molar-refractivity contribution in [1.29, 1.82) is 0 Å². The zero-order valence-corrected chi connectivity index (χ0v) is 11.6. The summed E-state index contributed by atoms with van der Waals surface area (Å²) in [5.74, 6) is -0.957. The SMILES string of the molecule is O=C(O)C1CCCCCN1Cc1ccccc1C(F)(F)F. The summed E-state index contributed by atoms with van der Waals surface area (Å²) in [6.07, 6.45) is -1.39. The van der Waals surface area contributed by atoms with Crippen molar-refractivity contribution in [3.63, 3.8) is 0 Å². The zero-order chi connectivity index (χ0) is 15.5. The Kier molecular flexibility index (Phi) is 4.88. The number of halogens is 3. The van der Waals surface area contributed by atoms with Gasteiger partial charge in [0.15, 0.2) is 0 Å². The number of carboxylic acids is 1. The average Bonchev–Trinajstić information content (AvgIpc) is 2.63. The van der Waals surface area contributed by atoms with Gasteiger partial charge in [-0.1, -0.05) is 31.0 Å². The predicted molar refractivity (Wildman–Crippen MR) is 71.7 cm³/mol. The van der Waals surface area contributed by atoms with Crippen LogP contribution in [0.5, 0.6) is 0 Å². The molecule has 1 aromatic carbocycles. The summed E-state index contributed by atoms with van der Waals surface area (Å²) in [5, 5.41) is 9.28. The van der Waals surface area contributed by atoms with E-state index in [1.165, 1.54) is 12.1 Å². The smallest absolute Gasteiger partial charge is 0.416 e. The average molecular weight is 301 g/mol. The summed E-state index contributed by atoms with van der Waals surface area (Å²) in [7, 11) is 0. The lowest BCUT2D eigenvalue weighted by molar-refractivity contribution is -0.143. The molecule has 6 heteroatoms. The summed E-state index contributed by atoms with van der Waals surface area (Å²) in [6, 6.07) is 4.67. The fraction of sp³-hybridized carbons (Fsp3) is 0.533. The monoisotopic (exact) mass is 301 g/mol. The zero-order valence-electron chi connectivity index (χ0n) is 11.6. The molecule has 1 aliphatic heterocycles. The molecule has 1 atom stereocenters. The number of hydrogen-bond acceptors (Lipinski definition) is 2. The second-order valence-electron chi connectivity index (χ2n) is 5.33. The van der Waals surface area contributed by atoms with Crippen molar-refractivity contribution in [2.45, 2.75) is 44.4 Å². The molecule has 0 saturated carbocycles. The van der Waals surface area contributed by atoms with E-state index in [1.54, 1.807) is 11.0 Å². The van der Waals surface area contributed by atoms with Gasteiger partial charge in [-0.05, 0) is 31.0 Å². The third-order valence-corrected chi connectivity index (χ3v) is 3.84. The first-order chi connectivity index (χ1) is 9.89. The summed E-state index contributed by atoms with van der Waals surface area (Å²) in [5.41, 5.74) is -0.545. The first kappa shape index (κ1) is 15.8. The van der Waals surface area contributed by atoms with Crippen LogP contribution in [0.1, 0.15) is 36.8 Å². The molecule has 1 N–H and O–H groups in total. The molecule has 116 valence electrons. The standard InChI is InChI=1S/C15H18F3NO2/c16-15(17,18)12-7-4-3-6-11(12)10-19-9-5-1-2-8-13(19)14(20)21/h3-4,6-7,13H,1-2,5,8-10H2,(H,20,21). The number of carboxylic acid groups (broad SMARTS) is 1. The third-order valence-electron chi connectivity index (χ3n) is 3.84. The Morgan fingerprint density at radius 2 is 1.95 bits per heavy atom. The van der Waals surface area contributed by atoms with E-state index in [0.29, 0.717) is 13.0 Å². The fourth-order valence-electron chi connectivity index (χ4n) is 2.79. The van der Waals surface area contributed by atoms with E-state index in [-0.39, 0.29) is 12.1 Å². The normalized spacial score (nSPS) is 21.0. The highest BCUT2D eigenvalue weighted by Gasteiger charge is 2.34. The number of likely N-dealkylation sites (tertiary alicyclic amines) is 1. The molecular formula is C15H18F3NO2. The Bertz CT molecular complexity index is 502. The van der Waals surface area contributed by atoms with Gasteiger partial charge in [0, 0.05) is 6.54 Å². The number of nitrogens with zero attached hydrogens (tertiary/aromatic N) is 1. The van der Waals surface area contributed by atoms with Crippen LogP contribution in [-0.4, -0.2) is 28.6 Å². The topological polar surface area (TPSA) is 40.5 Å². The van der Waals surface area contributed by atoms with Crippen molar-refractivity contribution < 1.29 is 23.1 Å². The number of alkyl halides is 3. The van der Waals surface area contributed by atoms with Crippen LogP contribution < -0.4 is 0 Å². The Morgan fingerprint density at radius 3 is 2.62 bits per heavy atom. The van der Waals surface area contributed by atoms with Gasteiger partial charge in [0.1, 0.15) is 6.04 Å². The van der Waals surface area contributed by atoms with Gasteiger partial charge in [-0.25, -0.2) is 0 Å². The Balaban J connectivity index is 2.25. The third kappa shape index (κ3) is 3.97. The molecule has 1 aromatic rings. The molecule has 0 spiro atoms. The van der Waals surface area contributed by atoms with Crippen LogP contribution in [0.3, 0.4) is 0 Å². The quantitative estimate of drug-likeness (QED) is 0.928. The minimum atomic E-state index is -4.42. The van der Waals surface area contributed by atoms with Gasteiger partial charge >= 0.3 is 12.1 Å². The second-order valence-corrected chi connectivity index (χ2v) is 5.33. The van der Waals surface area contributed by atoms with E-state index in [4.69, 9.17) is 0 Å². The minimum absolute atomic E-state index is 0.0205. The van der Waals surface area contributed by atoms with Gasteiger partial charge in [0.2, 0.25) is 0 Å². The number of rotatable bonds is 3. The molecule has 1 aliphatic rings. The van der Waals surface area contributed by atoms with E-state index in [1.807, 2.05) is 0 Å². The Hall–Kier alpha value is -1.56. The van der Waals surface area contributed by atoms with E-state index in [2.05, 4.69) is 0 Å². The van der Waals surface area contributed by atoms with Crippen LogP contribution in [0.2, 0.25) is 0 Å². The van der Waals surface area contributed by atoms with Crippen molar-refractivity contribution in [3.8, 4) is 0 Å². The summed E-state index contributed by atoms with van der Waals surface area (Å²) >= 11 is 0. The Morgan fingerprint density at radius 1 is 1.24 bits per heavy atom. The van der Waals surface area contributed by atoms with E-state index >= 15 is 0 Å². The molecule has 1 heterocycles. The number of benzene rings is 1. The molecule has 1 saturated heterocycles. The van der Waals surface area contributed by atoms with Gasteiger partial charge in [-0.3, -0.25) is 9.69 Å². The van der Waals surface area contributed by atoms with Crippen LogP contribution >= 0.6 is 0 Å². The maximum atomic E-state index is 13.0. The molecule has 0 aromatic heterocycles. The Labute approximate surface area is 121 Å². The van der Waals surface area contributed by atoms with Crippen LogP contribution in [0.4, 0.5) is 13.2 Å². The minimum Gasteiger partial charge on any atom is -0.480 e. The summed E-state index contributed by atoms with van der Waals surface area (Å²) < 4.78 is 39.0. The van der Waals surface area contributed by atoms with Crippen molar-refractivity contribution >= 4 is 5.97 Å². The number of aliphatic carboxylic acids is 1. The van der Waals surface area contributed by atoms with Gasteiger partial charge in [0.25, 0.3) is 0 Å². The molecule has 0 bridgehead atoms. The lowest BCUT2D eigenvalue weighted by Crippen LogP contribution is -2.40. The summed E-state index contributed by atoms with van der Waals surface area (Å²) in [6.45, 7) is 0.538. The summed E-state index contributed by atoms with van der Waals surface area (Å²) in [4.78, 5) is 13.0. The van der Waals surface area contributed by atoms with Crippen LogP contribution in [0, 0.1) is 0 Å². The second kappa shape index (κ2) is 6.47. The van der Waals surface area contributed by atoms with Gasteiger partial charge in [0.05, 0.1) is 5.56 Å². The first-order valence-corrected chi connectivity index (χ1v) is 7.01. The molecular weight excluding hydrogens is 283 g/mol. The fourth-order valence-corrected chi connectivity index (χ4v) is 2.79. The molecule has 3 nitrogen and oxygen atoms in total. The molecule has 1 unspecified atom stereocenters. The molecule has 0 aliphatic carbocycles. The molecule has 0 amide bonds. The van der Waals surface area contributed by atoms with E-state index in [0.717, 1.165) is 25.3 Å². The molecule has 21 heavy (non-hydrogen) atoms. The molecule has 2 rings (SSSR count). The highest BCUT2D eigenvalue weighted by molar-refractivity contribution is 5.73. The van der Waals surface area contributed by atoms with Crippen molar-refractivity contribution in [3.05, 3.63) is 35.4 Å². The van der Waals surface area contributed by atoms with Crippen LogP contribution in [-0.2, 0) is 17.5 Å². The molecule has 1 fully saturated rings.